The lowest BCUT2D eigenvalue weighted by molar-refractivity contribution is 0.153. The van der Waals surface area contributed by atoms with Gasteiger partial charge in [0.05, 0.1) is 6.07 Å². The lowest BCUT2D eigenvalue weighted by Crippen LogP contribution is -2.43. The van der Waals surface area contributed by atoms with Gasteiger partial charge in [0.25, 0.3) is 0 Å². The van der Waals surface area contributed by atoms with Gasteiger partial charge in [-0.05, 0) is 49.2 Å². The van der Waals surface area contributed by atoms with Crippen molar-refractivity contribution in [2.45, 2.75) is 32.2 Å². The number of hydrogen-bond acceptors (Lipinski definition) is 2. The number of nitriles is 1. The van der Waals surface area contributed by atoms with Gasteiger partial charge in [-0.2, -0.15) is 5.26 Å². The molecule has 1 aliphatic rings. The number of aryl methyl sites for hydroxylation is 1. The third-order valence-corrected chi connectivity index (χ3v) is 3.76. The summed E-state index contributed by atoms with van der Waals surface area (Å²) in [5.41, 5.74) is 1.43. The van der Waals surface area contributed by atoms with Crippen LogP contribution < -0.4 is 0 Å². The van der Waals surface area contributed by atoms with Crippen LogP contribution in [-0.2, 0) is 12.0 Å². The summed E-state index contributed by atoms with van der Waals surface area (Å²) in [6, 6.07) is 7.26. The molecule has 0 heterocycles. The molecule has 0 aliphatic heterocycles. The van der Waals surface area contributed by atoms with E-state index in [1.807, 2.05) is 0 Å². The number of benzene rings is 1. The van der Waals surface area contributed by atoms with E-state index in [2.05, 4.69) is 24.8 Å². The maximum Gasteiger partial charge on any atom is 0.135 e. The number of nitrogens with zero attached hydrogens (tertiary/aromatic N) is 2. The lowest BCUT2D eigenvalue weighted by Gasteiger charge is -2.35. The molecule has 90 valence electrons. The molecule has 1 atom stereocenters. The third-order valence-electron chi connectivity index (χ3n) is 3.76. The SMILES string of the molecule is CCN(CC)C1(C#N)CCc2cc(F)ccc21. The molecule has 0 radical (unpaired) electrons. The van der Waals surface area contributed by atoms with Crippen LogP contribution in [0.15, 0.2) is 18.2 Å². The Labute approximate surface area is 102 Å². The molecule has 0 spiro atoms. The Morgan fingerprint density at radius 1 is 1.41 bits per heavy atom. The average Bonchev–Trinajstić information content (AvgIpc) is 2.70. The molecule has 1 aliphatic carbocycles. The van der Waals surface area contributed by atoms with Crippen LogP contribution in [0.25, 0.3) is 0 Å². The second-order valence-corrected chi connectivity index (χ2v) is 4.45. The van der Waals surface area contributed by atoms with Crippen LogP contribution in [0.3, 0.4) is 0 Å². The summed E-state index contributed by atoms with van der Waals surface area (Å²) in [7, 11) is 0. The van der Waals surface area contributed by atoms with Gasteiger partial charge < -0.3 is 0 Å². The Bertz CT molecular complexity index is 460. The fraction of sp³-hybridized carbons (Fsp3) is 0.500. The second-order valence-electron chi connectivity index (χ2n) is 4.45. The monoisotopic (exact) mass is 232 g/mol. The van der Waals surface area contributed by atoms with E-state index in [0.717, 1.165) is 37.1 Å². The maximum atomic E-state index is 13.2. The Hall–Kier alpha value is -1.40. The van der Waals surface area contributed by atoms with Crippen molar-refractivity contribution in [3.8, 4) is 6.07 Å². The van der Waals surface area contributed by atoms with Gasteiger partial charge in [-0.1, -0.05) is 19.9 Å². The predicted molar refractivity (Wildman–Crippen MR) is 64.9 cm³/mol. The van der Waals surface area contributed by atoms with E-state index in [-0.39, 0.29) is 5.82 Å². The van der Waals surface area contributed by atoms with Gasteiger partial charge in [0.1, 0.15) is 11.4 Å². The first-order valence-electron chi connectivity index (χ1n) is 6.13. The molecule has 2 rings (SSSR count). The first-order valence-corrected chi connectivity index (χ1v) is 6.13. The minimum absolute atomic E-state index is 0.211. The van der Waals surface area contributed by atoms with E-state index in [1.54, 1.807) is 12.1 Å². The van der Waals surface area contributed by atoms with Crippen LogP contribution in [0.2, 0.25) is 0 Å². The topological polar surface area (TPSA) is 27.0 Å². The van der Waals surface area contributed by atoms with Gasteiger partial charge in [-0.15, -0.1) is 0 Å². The standard InChI is InChI=1S/C14H17FN2/c1-3-17(4-2)14(10-16)8-7-11-9-12(15)5-6-13(11)14/h5-6,9H,3-4,7-8H2,1-2H3. The van der Waals surface area contributed by atoms with Crippen LogP contribution in [0.1, 0.15) is 31.4 Å². The van der Waals surface area contributed by atoms with E-state index in [0.29, 0.717) is 0 Å². The van der Waals surface area contributed by atoms with Gasteiger partial charge in [0.15, 0.2) is 0 Å². The number of halogens is 1. The molecule has 0 saturated carbocycles. The van der Waals surface area contributed by atoms with Gasteiger partial charge in [0, 0.05) is 0 Å². The summed E-state index contributed by atoms with van der Waals surface area (Å²) in [6.45, 7) is 5.79. The number of fused-ring (bicyclic) bond motifs is 1. The van der Waals surface area contributed by atoms with Gasteiger partial charge in [-0.3, -0.25) is 4.90 Å². The smallest absolute Gasteiger partial charge is 0.135 e. The van der Waals surface area contributed by atoms with E-state index < -0.39 is 5.54 Å². The predicted octanol–water partition coefficient (Wildman–Crippen LogP) is 2.83. The molecule has 2 nitrogen and oxygen atoms in total. The summed E-state index contributed by atoms with van der Waals surface area (Å²) in [6.07, 6.45) is 1.56. The Kier molecular flexibility index (Phi) is 3.17. The fourth-order valence-electron chi connectivity index (χ4n) is 2.90. The first kappa shape index (κ1) is 12.1. The minimum Gasteiger partial charge on any atom is -0.282 e. The summed E-state index contributed by atoms with van der Waals surface area (Å²) in [5.74, 6) is -0.211. The molecule has 0 N–H and O–H groups in total. The van der Waals surface area contributed by atoms with Crippen LogP contribution in [-0.4, -0.2) is 18.0 Å². The summed E-state index contributed by atoms with van der Waals surface area (Å²) >= 11 is 0. The van der Waals surface area contributed by atoms with E-state index in [9.17, 15) is 9.65 Å². The van der Waals surface area contributed by atoms with Gasteiger partial charge in [0.2, 0.25) is 0 Å². The highest BCUT2D eigenvalue weighted by Gasteiger charge is 2.43. The summed E-state index contributed by atoms with van der Waals surface area (Å²) < 4.78 is 13.2. The van der Waals surface area contributed by atoms with Crippen molar-refractivity contribution in [3.05, 3.63) is 35.1 Å². The zero-order valence-corrected chi connectivity index (χ0v) is 10.3. The number of rotatable bonds is 3. The first-order chi connectivity index (χ1) is 8.17. The fourth-order valence-corrected chi connectivity index (χ4v) is 2.90. The number of hydrogen-bond donors (Lipinski definition) is 0. The largest absolute Gasteiger partial charge is 0.282 e. The van der Waals surface area contributed by atoms with Crippen molar-refractivity contribution < 1.29 is 4.39 Å². The molecule has 0 saturated heterocycles. The minimum atomic E-state index is -0.549. The Balaban J connectivity index is 2.51. The van der Waals surface area contributed by atoms with Gasteiger partial charge in [-0.25, -0.2) is 4.39 Å². The molecule has 0 amide bonds. The molecule has 3 heteroatoms. The van der Waals surface area contributed by atoms with E-state index in [4.69, 9.17) is 0 Å². The van der Waals surface area contributed by atoms with Crippen molar-refractivity contribution in [1.29, 1.82) is 5.26 Å². The second kappa shape index (κ2) is 4.46. The Morgan fingerprint density at radius 2 is 2.12 bits per heavy atom. The van der Waals surface area contributed by atoms with E-state index in [1.165, 1.54) is 6.07 Å². The van der Waals surface area contributed by atoms with Crippen LogP contribution in [0, 0.1) is 17.1 Å². The van der Waals surface area contributed by atoms with Crippen molar-refractivity contribution >= 4 is 0 Å². The highest BCUT2D eigenvalue weighted by atomic mass is 19.1. The lowest BCUT2D eigenvalue weighted by atomic mass is 9.91. The normalized spacial score (nSPS) is 22.5. The summed E-state index contributed by atoms with van der Waals surface area (Å²) in [4.78, 5) is 2.16. The quantitative estimate of drug-likeness (QED) is 0.801. The zero-order chi connectivity index (χ0) is 12.5. The summed E-state index contributed by atoms with van der Waals surface area (Å²) in [5, 5.41) is 9.58. The van der Waals surface area contributed by atoms with Crippen molar-refractivity contribution in [3.63, 3.8) is 0 Å². The zero-order valence-electron chi connectivity index (χ0n) is 10.3. The van der Waals surface area contributed by atoms with Crippen molar-refractivity contribution in [1.82, 2.24) is 4.90 Å². The van der Waals surface area contributed by atoms with Crippen LogP contribution >= 0.6 is 0 Å². The maximum absolute atomic E-state index is 13.2. The molecule has 0 bridgehead atoms. The highest BCUT2D eigenvalue weighted by Crippen LogP contribution is 2.41. The molecular weight excluding hydrogens is 215 g/mol. The third kappa shape index (κ3) is 1.73. The van der Waals surface area contributed by atoms with Crippen molar-refractivity contribution in [2.75, 3.05) is 13.1 Å². The molecule has 0 fully saturated rings. The molecule has 1 aromatic rings. The Morgan fingerprint density at radius 3 is 2.71 bits per heavy atom. The van der Waals surface area contributed by atoms with E-state index >= 15 is 0 Å². The van der Waals surface area contributed by atoms with Gasteiger partial charge >= 0.3 is 0 Å². The molecule has 0 aromatic heterocycles. The molecule has 17 heavy (non-hydrogen) atoms. The van der Waals surface area contributed by atoms with Crippen molar-refractivity contribution in [2.24, 2.45) is 0 Å². The average molecular weight is 232 g/mol. The molecular formula is C14H17FN2. The molecule has 1 unspecified atom stereocenters. The van der Waals surface area contributed by atoms with Crippen LogP contribution in [0.4, 0.5) is 4.39 Å². The highest BCUT2D eigenvalue weighted by molar-refractivity contribution is 5.43. The van der Waals surface area contributed by atoms with Crippen LogP contribution in [0.5, 0.6) is 0 Å². The molecule has 1 aromatic carbocycles.